The van der Waals surface area contributed by atoms with E-state index in [4.69, 9.17) is 0 Å². The van der Waals surface area contributed by atoms with Gasteiger partial charge in [0.1, 0.15) is 0 Å². The second kappa shape index (κ2) is 9.37. The highest BCUT2D eigenvalue weighted by Crippen LogP contribution is 2.36. The van der Waals surface area contributed by atoms with Crippen LogP contribution < -0.4 is 5.32 Å². The van der Waals surface area contributed by atoms with Gasteiger partial charge in [0, 0.05) is 49.0 Å². The fourth-order valence-corrected chi connectivity index (χ4v) is 6.88. The van der Waals surface area contributed by atoms with Gasteiger partial charge in [0.15, 0.2) is 0 Å². The molecule has 2 aromatic carbocycles. The fraction of sp³-hybridized carbons (Fsp3) is 0.429. The maximum absolute atomic E-state index is 13.2. The standard InChI is InChI=1S/C28H32N4O2S/c1-30-12-14-32(15-13-30)28(34)22-6-2-4-20(16-22)23-7-3-5-21-17-25(35-26(21)23)27(33)29-24-18-31-10-8-19(24)9-11-31/h2-7,16-17,19,24H,8-15,18H2,1H3,(H,29,33). The molecule has 2 amide bonds. The number of amides is 2. The van der Waals surface area contributed by atoms with E-state index in [9.17, 15) is 9.59 Å². The maximum atomic E-state index is 13.2. The average molecular weight is 489 g/mol. The van der Waals surface area contributed by atoms with Crippen molar-refractivity contribution in [1.29, 1.82) is 0 Å². The van der Waals surface area contributed by atoms with Gasteiger partial charge in [0.25, 0.3) is 11.8 Å². The highest BCUT2D eigenvalue weighted by atomic mass is 32.1. The van der Waals surface area contributed by atoms with E-state index >= 15 is 0 Å². The van der Waals surface area contributed by atoms with Crippen LogP contribution in [-0.2, 0) is 0 Å². The minimum Gasteiger partial charge on any atom is -0.347 e. The number of carbonyl (C=O) groups excluding carboxylic acids is 2. The van der Waals surface area contributed by atoms with Crippen LogP contribution in [0, 0.1) is 5.92 Å². The molecule has 1 unspecified atom stereocenters. The first-order chi connectivity index (χ1) is 17.0. The van der Waals surface area contributed by atoms with E-state index in [1.54, 1.807) is 11.3 Å². The average Bonchev–Trinajstić information content (AvgIpc) is 3.34. The van der Waals surface area contributed by atoms with Crippen LogP contribution in [-0.4, -0.2) is 85.4 Å². The molecule has 4 fully saturated rings. The quantitative estimate of drug-likeness (QED) is 0.607. The van der Waals surface area contributed by atoms with Gasteiger partial charge in [0.05, 0.1) is 4.88 Å². The van der Waals surface area contributed by atoms with Crippen molar-refractivity contribution in [1.82, 2.24) is 20.0 Å². The second-order valence-corrected chi connectivity index (χ2v) is 11.3. The van der Waals surface area contributed by atoms with E-state index in [0.29, 0.717) is 5.92 Å². The van der Waals surface area contributed by atoms with E-state index in [2.05, 4.69) is 40.4 Å². The Balaban J connectivity index is 1.25. The summed E-state index contributed by atoms with van der Waals surface area (Å²) in [5.41, 5.74) is 2.81. The molecule has 1 aromatic heterocycles. The smallest absolute Gasteiger partial charge is 0.261 e. The third kappa shape index (κ3) is 4.48. The van der Waals surface area contributed by atoms with Crippen molar-refractivity contribution in [2.75, 3.05) is 52.9 Å². The Morgan fingerprint density at radius 3 is 2.46 bits per heavy atom. The van der Waals surface area contributed by atoms with Gasteiger partial charge in [-0.2, -0.15) is 0 Å². The molecule has 4 aliphatic heterocycles. The van der Waals surface area contributed by atoms with E-state index < -0.39 is 0 Å². The first-order valence-corrected chi connectivity index (χ1v) is 13.5. The predicted octanol–water partition coefficient (Wildman–Crippen LogP) is 3.78. The van der Waals surface area contributed by atoms with Gasteiger partial charge in [-0.1, -0.05) is 30.3 Å². The lowest BCUT2D eigenvalue weighted by Gasteiger charge is -2.44. The molecule has 1 atom stereocenters. The van der Waals surface area contributed by atoms with Gasteiger partial charge in [-0.05, 0) is 73.6 Å². The van der Waals surface area contributed by atoms with Gasteiger partial charge in [-0.3, -0.25) is 9.59 Å². The van der Waals surface area contributed by atoms with Crippen LogP contribution in [0.2, 0.25) is 0 Å². The molecule has 3 aromatic rings. The normalized spacial score (nSPS) is 24.6. The minimum atomic E-state index is 0.0369. The number of thiophene rings is 1. The fourth-order valence-electron chi connectivity index (χ4n) is 5.78. The van der Waals surface area contributed by atoms with Crippen LogP contribution in [0.25, 0.3) is 21.2 Å². The molecule has 0 spiro atoms. The molecular weight excluding hydrogens is 456 g/mol. The van der Waals surface area contributed by atoms with Gasteiger partial charge >= 0.3 is 0 Å². The highest BCUT2D eigenvalue weighted by molar-refractivity contribution is 7.21. The summed E-state index contributed by atoms with van der Waals surface area (Å²) in [6.07, 6.45) is 2.37. The lowest BCUT2D eigenvalue weighted by atomic mass is 9.84. The molecule has 4 aliphatic rings. The number of hydrogen-bond acceptors (Lipinski definition) is 5. The molecule has 5 heterocycles. The van der Waals surface area contributed by atoms with Crippen molar-refractivity contribution in [2.24, 2.45) is 5.92 Å². The molecule has 1 N–H and O–H groups in total. The van der Waals surface area contributed by atoms with Crippen LogP contribution in [0.3, 0.4) is 0 Å². The molecule has 4 saturated heterocycles. The Morgan fingerprint density at radius 1 is 0.943 bits per heavy atom. The summed E-state index contributed by atoms with van der Waals surface area (Å²) in [5, 5.41) is 4.40. The SMILES string of the molecule is CN1CCN(C(=O)c2cccc(-c3cccc4cc(C(=O)NC5CN6CCC5CC6)sc34)c2)CC1. The summed E-state index contributed by atoms with van der Waals surface area (Å²) in [6, 6.07) is 16.4. The van der Waals surface area contributed by atoms with Gasteiger partial charge in [0.2, 0.25) is 0 Å². The molecule has 0 radical (unpaired) electrons. The third-order valence-corrected chi connectivity index (χ3v) is 9.13. The number of nitrogens with one attached hydrogen (secondary N) is 1. The van der Waals surface area contributed by atoms with Crippen molar-refractivity contribution in [3.63, 3.8) is 0 Å². The van der Waals surface area contributed by atoms with Crippen LogP contribution in [0.4, 0.5) is 0 Å². The Morgan fingerprint density at radius 2 is 1.71 bits per heavy atom. The number of benzene rings is 2. The van der Waals surface area contributed by atoms with E-state index in [1.165, 1.54) is 25.9 Å². The van der Waals surface area contributed by atoms with Crippen molar-refractivity contribution in [2.45, 2.75) is 18.9 Å². The van der Waals surface area contributed by atoms with Crippen LogP contribution in [0.15, 0.2) is 48.5 Å². The van der Waals surface area contributed by atoms with Crippen molar-refractivity contribution < 1.29 is 9.59 Å². The molecule has 35 heavy (non-hydrogen) atoms. The lowest BCUT2D eigenvalue weighted by molar-refractivity contribution is 0.0622. The molecular formula is C28H32N4O2S. The molecule has 0 aliphatic carbocycles. The number of piperazine rings is 1. The summed E-state index contributed by atoms with van der Waals surface area (Å²) in [6.45, 7) is 6.64. The number of fused-ring (bicyclic) bond motifs is 4. The Bertz CT molecular complexity index is 1250. The summed E-state index contributed by atoms with van der Waals surface area (Å²) in [4.78, 5) is 33.7. The Kier molecular flexibility index (Phi) is 6.08. The summed E-state index contributed by atoms with van der Waals surface area (Å²) in [5.74, 6) is 0.736. The van der Waals surface area contributed by atoms with Crippen molar-refractivity contribution >= 4 is 33.2 Å². The van der Waals surface area contributed by atoms with Crippen LogP contribution in [0.5, 0.6) is 0 Å². The van der Waals surface area contributed by atoms with Crippen molar-refractivity contribution in [3.8, 4) is 11.1 Å². The summed E-state index contributed by atoms with van der Waals surface area (Å²) < 4.78 is 1.09. The highest BCUT2D eigenvalue weighted by Gasteiger charge is 2.35. The zero-order chi connectivity index (χ0) is 23.9. The minimum absolute atomic E-state index is 0.0369. The van der Waals surface area contributed by atoms with Gasteiger partial charge in [-0.25, -0.2) is 0 Å². The lowest BCUT2D eigenvalue weighted by Crippen LogP contribution is -2.57. The first-order valence-electron chi connectivity index (χ1n) is 12.7. The largest absolute Gasteiger partial charge is 0.347 e. The molecule has 7 rings (SSSR count). The number of carbonyl (C=O) groups is 2. The predicted molar refractivity (Wildman–Crippen MR) is 141 cm³/mol. The Hall–Kier alpha value is -2.74. The Labute approximate surface area is 210 Å². The first kappa shape index (κ1) is 22.7. The number of rotatable bonds is 4. The zero-order valence-electron chi connectivity index (χ0n) is 20.2. The third-order valence-electron chi connectivity index (χ3n) is 7.95. The zero-order valence-corrected chi connectivity index (χ0v) is 21.0. The molecule has 182 valence electrons. The van der Waals surface area contributed by atoms with Gasteiger partial charge in [-0.15, -0.1) is 11.3 Å². The number of hydrogen-bond donors (Lipinski definition) is 1. The van der Waals surface area contributed by atoms with Crippen LogP contribution in [0.1, 0.15) is 32.9 Å². The summed E-state index contributed by atoms with van der Waals surface area (Å²) in [7, 11) is 2.09. The number of likely N-dealkylation sites (N-methyl/N-ethyl adjacent to an activating group) is 1. The van der Waals surface area contributed by atoms with E-state index in [0.717, 1.165) is 64.4 Å². The second-order valence-electron chi connectivity index (χ2n) is 10.2. The van der Waals surface area contributed by atoms with Gasteiger partial charge < -0.3 is 20.0 Å². The van der Waals surface area contributed by atoms with Crippen LogP contribution >= 0.6 is 11.3 Å². The van der Waals surface area contributed by atoms with E-state index in [-0.39, 0.29) is 17.9 Å². The topological polar surface area (TPSA) is 55.9 Å². The van der Waals surface area contributed by atoms with E-state index in [1.807, 2.05) is 35.2 Å². The molecule has 6 nitrogen and oxygen atoms in total. The maximum Gasteiger partial charge on any atom is 0.261 e. The summed E-state index contributed by atoms with van der Waals surface area (Å²) >= 11 is 1.55. The monoisotopic (exact) mass is 488 g/mol. The van der Waals surface area contributed by atoms with Crippen molar-refractivity contribution in [3.05, 3.63) is 59.0 Å². The number of nitrogens with zero attached hydrogens (tertiary/aromatic N) is 3. The number of piperidine rings is 3. The molecule has 0 saturated carbocycles. The molecule has 7 heteroatoms. The molecule has 2 bridgehead atoms.